The number of nitrogens with zero attached hydrogens (tertiary/aromatic N) is 4. The van der Waals surface area contributed by atoms with Crippen LogP contribution >= 0.6 is 0 Å². The minimum absolute atomic E-state index is 0.158. The second-order valence-corrected chi connectivity index (χ2v) is 3.84. The highest BCUT2D eigenvalue weighted by Gasteiger charge is 2.08. The van der Waals surface area contributed by atoms with Gasteiger partial charge in [0.15, 0.2) is 0 Å². The van der Waals surface area contributed by atoms with Gasteiger partial charge < -0.3 is 10.6 Å². The maximum Gasteiger partial charge on any atom is 0.268 e. The molecule has 0 fully saturated rings. The molecule has 2 aromatic rings. The van der Waals surface area contributed by atoms with Crippen LogP contribution < -0.4 is 10.6 Å². The average molecular weight is 243 g/mol. The van der Waals surface area contributed by atoms with Gasteiger partial charge in [-0.2, -0.15) is 0 Å². The van der Waals surface area contributed by atoms with E-state index >= 15 is 0 Å². The lowest BCUT2D eigenvalue weighted by Crippen LogP contribution is -2.20. The molecule has 0 bridgehead atoms. The monoisotopic (exact) mass is 243 g/mol. The van der Waals surface area contributed by atoms with E-state index in [4.69, 9.17) is 5.73 Å². The summed E-state index contributed by atoms with van der Waals surface area (Å²) in [7, 11) is 1.86. The van der Waals surface area contributed by atoms with E-state index in [9.17, 15) is 4.79 Å². The predicted molar refractivity (Wildman–Crippen MR) is 66.9 cm³/mol. The normalized spacial score (nSPS) is 10.1. The highest BCUT2D eigenvalue weighted by atomic mass is 16.1. The van der Waals surface area contributed by atoms with Gasteiger partial charge >= 0.3 is 0 Å². The Bertz CT molecular complexity index is 543. The lowest BCUT2D eigenvalue weighted by atomic mass is 10.3. The molecule has 92 valence electrons. The molecule has 0 aliphatic rings. The third kappa shape index (κ3) is 2.79. The zero-order valence-electron chi connectivity index (χ0n) is 9.95. The Kier molecular flexibility index (Phi) is 3.47. The van der Waals surface area contributed by atoms with Gasteiger partial charge in [-0.25, -0.2) is 4.98 Å². The van der Waals surface area contributed by atoms with Crippen molar-refractivity contribution in [1.82, 2.24) is 15.0 Å². The predicted octanol–water partition coefficient (Wildman–Crippen LogP) is 0.607. The Morgan fingerprint density at radius 2 is 2.17 bits per heavy atom. The summed E-state index contributed by atoms with van der Waals surface area (Å²) in [5.41, 5.74) is 6.37. The number of primary amides is 1. The van der Waals surface area contributed by atoms with E-state index in [1.54, 1.807) is 18.6 Å². The van der Waals surface area contributed by atoms with Gasteiger partial charge in [-0.05, 0) is 11.6 Å². The molecular weight excluding hydrogens is 230 g/mol. The number of carbonyl (C=O) groups is 1. The van der Waals surface area contributed by atoms with Crippen LogP contribution in [-0.4, -0.2) is 27.9 Å². The summed E-state index contributed by atoms with van der Waals surface area (Å²) >= 11 is 0. The minimum atomic E-state index is -0.584. The van der Waals surface area contributed by atoms with Crippen molar-refractivity contribution in [3.63, 3.8) is 0 Å². The summed E-state index contributed by atoms with van der Waals surface area (Å²) in [6.45, 7) is 0.630. The standard InChI is InChI=1S/C12H13N5O/c1-17(8-9-3-2-4-14-5-9)11-7-15-6-10(16-11)12(13)18/h2-7H,8H2,1H3,(H2,13,18). The largest absolute Gasteiger partial charge is 0.364 e. The number of amides is 1. The molecule has 0 unspecified atom stereocenters. The number of pyridine rings is 1. The molecule has 0 atom stereocenters. The molecule has 0 saturated heterocycles. The first kappa shape index (κ1) is 12.0. The Morgan fingerprint density at radius 3 is 2.83 bits per heavy atom. The molecule has 0 aromatic carbocycles. The second-order valence-electron chi connectivity index (χ2n) is 3.84. The zero-order valence-corrected chi connectivity index (χ0v) is 9.95. The summed E-state index contributed by atoms with van der Waals surface area (Å²) in [6, 6.07) is 3.84. The fourth-order valence-corrected chi connectivity index (χ4v) is 1.50. The highest BCUT2D eigenvalue weighted by molar-refractivity contribution is 5.90. The van der Waals surface area contributed by atoms with Crippen molar-refractivity contribution >= 4 is 11.7 Å². The van der Waals surface area contributed by atoms with E-state index < -0.39 is 5.91 Å². The second kappa shape index (κ2) is 5.22. The van der Waals surface area contributed by atoms with E-state index in [1.807, 2.05) is 24.1 Å². The van der Waals surface area contributed by atoms with Gasteiger partial charge in [-0.15, -0.1) is 0 Å². The number of aromatic nitrogens is 3. The molecule has 0 radical (unpaired) electrons. The maximum atomic E-state index is 11.0. The molecule has 2 N–H and O–H groups in total. The third-order valence-corrected chi connectivity index (χ3v) is 2.41. The Morgan fingerprint density at radius 1 is 1.33 bits per heavy atom. The summed E-state index contributed by atoms with van der Waals surface area (Å²) in [5.74, 6) is 0.00859. The van der Waals surface area contributed by atoms with Crippen LogP contribution in [-0.2, 0) is 6.54 Å². The van der Waals surface area contributed by atoms with Crippen molar-refractivity contribution < 1.29 is 4.79 Å². The number of anilines is 1. The first-order chi connectivity index (χ1) is 8.66. The topological polar surface area (TPSA) is 85.0 Å². The van der Waals surface area contributed by atoms with E-state index in [-0.39, 0.29) is 5.69 Å². The molecule has 2 aromatic heterocycles. The summed E-state index contributed by atoms with van der Waals surface area (Å²) in [5, 5.41) is 0. The molecule has 0 saturated carbocycles. The van der Waals surface area contributed by atoms with Crippen LogP contribution in [0.2, 0.25) is 0 Å². The van der Waals surface area contributed by atoms with Gasteiger partial charge in [-0.1, -0.05) is 6.07 Å². The molecule has 6 nitrogen and oxygen atoms in total. The van der Waals surface area contributed by atoms with Gasteiger partial charge in [0.1, 0.15) is 11.5 Å². The molecule has 1 amide bonds. The van der Waals surface area contributed by atoms with Crippen molar-refractivity contribution in [3.8, 4) is 0 Å². The summed E-state index contributed by atoms with van der Waals surface area (Å²) in [6.07, 6.45) is 6.44. The van der Waals surface area contributed by atoms with Gasteiger partial charge in [0.05, 0.1) is 12.4 Å². The summed E-state index contributed by atoms with van der Waals surface area (Å²) < 4.78 is 0. The van der Waals surface area contributed by atoms with E-state index in [0.717, 1.165) is 5.56 Å². The number of rotatable bonds is 4. The quantitative estimate of drug-likeness (QED) is 0.850. The smallest absolute Gasteiger partial charge is 0.268 e. The molecular formula is C12H13N5O. The molecule has 2 heterocycles. The van der Waals surface area contributed by atoms with Crippen molar-refractivity contribution in [1.29, 1.82) is 0 Å². The molecule has 0 aliphatic heterocycles. The Hall–Kier alpha value is -2.50. The van der Waals surface area contributed by atoms with E-state index in [2.05, 4.69) is 15.0 Å². The molecule has 0 spiro atoms. The van der Waals surface area contributed by atoms with Gasteiger partial charge in [0, 0.05) is 26.0 Å². The van der Waals surface area contributed by atoms with Crippen LogP contribution in [0.1, 0.15) is 16.1 Å². The summed E-state index contributed by atoms with van der Waals surface area (Å²) in [4.78, 5) is 25.0. The van der Waals surface area contributed by atoms with Crippen LogP contribution in [0.3, 0.4) is 0 Å². The molecule has 18 heavy (non-hydrogen) atoms. The van der Waals surface area contributed by atoms with E-state index in [1.165, 1.54) is 6.20 Å². The number of carbonyl (C=O) groups excluding carboxylic acids is 1. The van der Waals surface area contributed by atoms with Crippen LogP contribution in [0.5, 0.6) is 0 Å². The van der Waals surface area contributed by atoms with E-state index in [0.29, 0.717) is 12.4 Å². The molecule has 6 heteroatoms. The number of hydrogen-bond donors (Lipinski definition) is 1. The average Bonchev–Trinajstić information content (AvgIpc) is 2.40. The van der Waals surface area contributed by atoms with Crippen LogP contribution in [0.4, 0.5) is 5.82 Å². The van der Waals surface area contributed by atoms with Gasteiger partial charge in [0.25, 0.3) is 5.91 Å². The number of hydrogen-bond acceptors (Lipinski definition) is 5. The van der Waals surface area contributed by atoms with Crippen molar-refractivity contribution in [2.75, 3.05) is 11.9 Å². The lowest BCUT2D eigenvalue weighted by molar-refractivity contribution is 0.0995. The van der Waals surface area contributed by atoms with Crippen LogP contribution in [0.25, 0.3) is 0 Å². The van der Waals surface area contributed by atoms with Crippen molar-refractivity contribution in [3.05, 3.63) is 48.2 Å². The lowest BCUT2D eigenvalue weighted by Gasteiger charge is -2.17. The zero-order chi connectivity index (χ0) is 13.0. The van der Waals surface area contributed by atoms with Crippen LogP contribution in [0, 0.1) is 0 Å². The Labute approximate surface area is 105 Å². The fourth-order valence-electron chi connectivity index (χ4n) is 1.50. The minimum Gasteiger partial charge on any atom is -0.364 e. The van der Waals surface area contributed by atoms with Crippen molar-refractivity contribution in [2.24, 2.45) is 5.73 Å². The van der Waals surface area contributed by atoms with Gasteiger partial charge in [-0.3, -0.25) is 14.8 Å². The SMILES string of the molecule is CN(Cc1cccnc1)c1cncc(C(N)=O)n1. The van der Waals surface area contributed by atoms with Crippen LogP contribution in [0.15, 0.2) is 36.9 Å². The highest BCUT2D eigenvalue weighted by Crippen LogP contribution is 2.11. The maximum absolute atomic E-state index is 11.0. The number of nitrogens with two attached hydrogens (primary N) is 1. The van der Waals surface area contributed by atoms with Crippen molar-refractivity contribution in [2.45, 2.75) is 6.54 Å². The van der Waals surface area contributed by atoms with Gasteiger partial charge in [0.2, 0.25) is 0 Å². The third-order valence-electron chi connectivity index (χ3n) is 2.41. The molecule has 0 aliphatic carbocycles. The fraction of sp³-hybridized carbons (Fsp3) is 0.167. The Balaban J connectivity index is 2.16. The molecule has 2 rings (SSSR count). The first-order valence-electron chi connectivity index (χ1n) is 5.38. The first-order valence-corrected chi connectivity index (χ1v) is 5.38.